The number of hydrogen-bond acceptors (Lipinski definition) is 1. The molecule has 9 heavy (non-hydrogen) atoms. The Morgan fingerprint density at radius 2 is 1.67 bits per heavy atom. The SMILES string of the molecule is C1CN2CCCP(C1)C2. The highest BCUT2D eigenvalue weighted by molar-refractivity contribution is 7.57. The minimum atomic E-state index is 0.504. The minimum Gasteiger partial charge on any atom is -0.299 e. The standard InChI is InChI=1S/C7H14NP/c1-3-8-4-2-6-9(5-1)7-8/h1-7H2. The van der Waals surface area contributed by atoms with Gasteiger partial charge in [-0.3, -0.25) is 4.90 Å². The van der Waals surface area contributed by atoms with Crippen LogP contribution < -0.4 is 0 Å². The van der Waals surface area contributed by atoms with Crippen LogP contribution in [0.1, 0.15) is 12.8 Å². The first kappa shape index (κ1) is 6.12. The molecule has 0 radical (unpaired) electrons. The highest BCUT2D eigenvalue weighted by Crippen LogP contribution is 2.43. The molecule has 2 heterocycles. The molecule has 0 aliphatic carbocycles. The fourth-order valence-corrected chi connectivity index (χ4v) is 4.36. The van der Waals surface area contributed by atoms with Gasteiger partial charge in [-0.1, -0.05) is 7.92 Å². The molecule has 2 aliphatic heterocycles. The third-order valence-corrected chi connectivity index (χ3v) is 4.99. The summed E-state index contributed by atoms with van der Waals surface area (Å²) in [6, 6.07) is 0. The van der Waals surface area contributed by atoms with Crippen LogP contribution in [0.15, 0.2) is 0 Å². The second kappa shape index (κ2) is 2.56. The van der Waals surface area contributed by atoms with Crippen LogP contribution in [0.25, 0.3) is 0 Å². The Balaban J connectivity index is 1.96. The molecule has 2 bridgehead atoms. The highest BCUT2D eigenvalue weighted by Gasteiger charge is 2.22. The van der Waals surface area contributed by atoms with E-state index in [4.69, 9.17) is 0 Å². The van der Waals surface area contributed by atoms with Crippen LogP contribution in [0, 0.1) is 0 Å². The van der Waals surface area contributed by atoms with Gasteiger partial charge in [0, 0.05) is 6.29 Å². The van der Waals surface area contributed by atoms with Crippen LogP contribution in [0.4, 0.5) is 0 Å². The zero-order valence-corrected chi connectivity index (χ0v) is 6.74. The van der Waals surface area contributed by atoms with Crippen LogP contribution in [0.5, 0.6) is 0 Å². The van der Waals surface area contributed by atoms with Crippen LogP contribution in [-0.2, 0) is 0 Å². The summed E-state index contributed by atoms with van der Waals surface area (Å²) in [5.74, 6) is 0. The number of hydrogen-bond donors (Lipinski definition) is 0. The molecule has 2 rings (SSSR count). The Kier molecular flexibility index (Phi) is 1.74. The second-order valence-corrected chi connectivity index (χ2v) is 5.60. The molecule has 2 heteroatoms. The van der Waals surface area contributed by atoms with Crippen LogP contribution in [0.3, 0.4) is 0 Å². The molecule has 2 aliphatic rings. The average molecular weight is 143 g/mol. The predicted octanol–water partition coefficient (Wildman–Crippen LogP) is 1.54. The van der Waals surface area contributed by atoms with Crippen LogP contribution in [-0.4, -0.2) is 36.6 Å². The molecular weight excluding hydrogens is 129 g/mol. The van der Waals surface area contributed by atoms with Gasteiger partial charge in [0.1, 0.15) is 0 Å². The highest BCUT2D eigenvalue weighted by atomic mass is 31.1. The maximum absolute atomic E-state index is 2.65. The summed E-state index contributed by atoms with van der Waals surface area (Å²) in [6.45, 7) is 2.80. The normalized spacial score (nSPS) is 42.7. The molecule has 0 aromatic rings. The summed E-state index contributed by atoms with van der Waals surface area (Å²) in [7, 11) is 0.504. The Bertz CT molecular complexity index is 85.1. The molecule has 0 amide bonds. The maximum Gasteiger partial charge on any atom is 0.0183 e. The molecule has 0 aromatic carbocycles. The first-order valence-corrected chi connectivity index (χ1v) is 5.79. The largest absolute Gasteiger partial charge is 0.299 e. The molecule has 52 valence electrons. The first-order valence-electron chi connectivity index (χ1n) is 3.90. The molecule has 0 unspecified atom stereocenters. The van der Waals surface area contributed by atoms with Crippen molar-refractivity contribution in [1.29, 1.82) is 0 Å². The zero-order chi connectivity index (χ0) is 6.10. The fourth-order valence-electron chi connectivity index (χ4n) is 1.83. The quantitative estimate of drug-likeness (QED) is 0.465. The molecule has 2 fully saturated rings. The van der Waals surface area contributed by atoms with Crippen molar-refractivity contribution in [2.24, 2.45) is 0 Å². The summed E-state index contributed by atoms with van der Waals surface area (Å²) in [4.78, 5) is 2.65. The zero-order valence-electron chi connectivity index (χ0n) is 5.84. The lowest BCUT2D eigenvalue weighted by Gasteiger charge is -2.37. The topological polar surface area (TPSA) is 3.24 Å². The van der Waals surface area contributed by atoms with E-state index in [1.54, 1.807) is 12.3 Å². The van der Waals surface area contributed by atoms with Gasteiger partial charge >= 0.3 is 0 Å². The first-order chi connectivity index (χ1) is 4.45. The molecular formula is C7H14NP. The van der Waals surface area contributed by atoms with Crippen molar-refractivity contribution in [3.63, 3.8) is 0 Å². The van der Waals surface area contributed by atoms with Crippen LogP contribution in [0.2, 0.25) is 0 Å². The van der Waals surface area contributed by atoms with E-state index in [1.807, 2.05) is 0 Å². The van der Waals surface area contributed by atoms with E-state index < -0.39 is 0 Å². The van der Waals surface area contributed by atoms with Gasteiger partial charge in [0.25, 0.3) is 0 Å². The molecule has 1 nitrogen and oxygen atoms in total. The van der Waals surface area contributed by atoms with Gasteiger partial charge in [0.15, 0.2) is 0 Å². The van der Waals surface area contributed by atoms with E-state index in [1.165, 1.54) is 32.2 Å². The number of nitrogens with zero attached hydrogens (tertiary/aromatic N) is 1. The smallest absolute Gasteiger partial charge is 0.0183 e. The van der Waals surface area contributed by atoms with Crippen molar-refractivity contribution >= 4 is 7.92 Å². The van der Waals surface area contributed by atoms with E-state index >= 15 is 0 Å². The second-order valence-electron chi connectivity index (χ2n) is 3.08. The van der Waals surface area contributed by atoms with Crippen molar-refractivity contribution in [3.05, 3.63) is 0 Å². The van der Waals surface area contributed by atoms with Gasteiger partial charge < -0.3 is 0 Å². The third-order valence-electron chi connectivity index (χ3n) is 2.30. The summed E-state index contributed by atoms with van der Waals surface area (Å²) in [5.41, 5.74) is 0. The monoisotopic (exact) mass is 143 g/mol. The molecule has 0 atom stereocenters. The Labute approximate surface area is 58.2 Å². The fraction of sp³-hybridized carbons (Fsp3) is 1.00. The molecule has 2 saturated heterocycles. The Hall–Kier alpha value is 0.390. The molecule has 0 N–H and O–H groups in total. The van der Waals surface area contributed by atoms with Crippen LogP contribution >= 0.6 is 7.92 Å². The van der Waals surface area contributed by atoms with E-state index in [9.17, 15) is 0 Å². The third kappa shape index (κ3) is 1.28. The van der Waals surface area contributed by atoms with Crippen molar-refractivity contribution < 1.29 is 0 Å². The number of rotatable bonds is 0. The van der Waals surface area contributed by atoms with Gasteiger partial charge in [0.2, 0.25) is 0 Å². The van der Waals surface area contributed by atoms with Crippen molar-refractivity contribution in [3.8, 4) is 0 Å². The van der Waals surface area contributed by atoms with E-state index in [0.717, 1.165) is 0 Å². The van der Waals surface area contributed by atoms with Gasteiger partial charge in [0.05, 0.1) is 0 Å². The summed E-state index contributed by atoms with van der Waals surface area (Å²) >= 11 is 0. The van der Waals surface area contributed by atoms with Gasteiger partial charge in [-0.05, 0) is 38.3 Å². The van der Waals surface area contributed by atoms with Gasteiger partial charge in [-0.25, -0.2) is 0 Å². The molecule has 0 saturated carbocycles. The van der Waals surface area contributed by atoms with E-state index in [0.29, 0.717) is 7.92 Å². The summed E-state index contributed by atoms with van der Waals surface area (Å²) < 4.78 is 0. The Morgan fingerprint density at radius 1 is 1.00 bits per heavy atom. The maximum atomic E-state index is 2.65. The van der Waals surface area contributed by atoms with Gasteiger partial charge in [-0.2, -0.15) is 0 Å². The average Bonchev–Trinajstić information content (AvgIpc) is 1.88. The molecule has 0 spiro atoms. The summed E-state index contributed by atoms with van der Waals surface area (Å²) in [6.07, 6.45) is 7.62. The van der Waals surface area contributed by atoms with E-state index in [-0.39, 0.29) is 0 Å². The summed E-state index contributed by atoms with van der Waals surface area (Å²) in [5, 5.41) is 0. The lowest BCUT2D eigenvalue weighted by atomic mass is 10.3. The molecule has 0 aromatic heterocycles. The lowest BCUT2D eigenvalue weighted by molar-refractivity contribution is 0.299. The van der Waals surface area contributed by atoms with Crippen molar-refractivity contribution in [1.82, 2.24) is 4.90 Å². The Morgan fingerprint density at radius 3 is 2.11 bits per heavy atom. The van der Waals surface area contributed by atoms with E-state index in [2.05, 4.69) is 4.90 Å². The predicted molar refractivity (Wildman–Crippen MR) is 42.3 cm³/mol. The van der Waals surface area contributed by atoms with Crippen molar-refractivity contribution in [2.45, 2.75) is 12.8 Å². The lowest BCUT2D eigenvalue weighted by Crippen LogP contribution is -2.35. The van der Waals surface area contributed by atoms with Crippen molar-refractivity contribution in [2.75, 3.05) is 31.7 Å². The number of fused-ring (bicyclic) bond motifs is 2. The van der Waals surface area contributed by atoms with Gasteiger partial charge in [-0.15, -0.1) is 0 Å². The minimum absolute atomic E-state index is 0.504.